The Balaban J connectivity index is 1.50. The molecule has 7 nitrogen and oxygen atoms in total. The maximum absolute atomic E-state index is 12.7. The molecule has 3 heterocycles. The molecule has 0 aliphatic carbocycles. The number of benzene rings is 1. The number of rotatable bonds is 3. The summed E-state index contributed by atoms with van der Waals surface area (Å²) in [6.45, 7) is 5.47. The second-order valence-corrected chi connectivity index (χ2v) is 6.67. The van der Waals surface area contributed by atoms with E-state index in [1.807, 2.05) is 31.2 Å². The van der Waals surface area contributed by atoms with E-state index < -0.39 is 0 Å². The van der Waals surface area contributed by atoms with Crippen LogP contribution in [0.2, 0.25) is 0 Å². The van der Waals surface area contributed by atoms with Gasteiger partial charge in [-0.2, -0.15) is 10.4 Å². The molecule has 136 valence electrons. The third kappa shape index (κ3) is 3.27. The summed E-state index contributed by atoms with van der Waals surface area (Å²) in [5.74, 6) is 0.733. The van der Waals surface area contributed by atoms with Crippen molar-refractivity contribution in [2.24, 2.45) is 0 Å². The van der Waals surface area contributed by atoms with Gasteiger partial charge < -0.3 is 4.90 Å². The molecule has 0 amide bonds. The van der Waals surface area contributed by atoms with Crippen molar-refractivity contribution >= 4 is 16.6 Å². The molecule has 2 aromatic heterocycles. The molecule has 0 N–H and O–H groups in total. The van der Waals surface area contributed by atoms with Gasteiger partial charge in [-0.15, -0.1) is 0 Å². The van der Waals surface area contributed by atoms with Crippen LogP contribution in [0.3, 0.4) is 0 Å². The summed E-state index contributed by atoms with van der Waals surface area (Å²) in [6, 6.07) is 13.4. The average molecular weight is 360 g/mol. The zero-order valence-electron chi connectivity index (χ0n) is 15.2. The second-order valence-electron chi connectivity index (χ2n) is 6.67. The van der Waals surface area contributed by atoms with E-state index in [0.29, 0.717) is 17.6 Å². The predicted molar refractivity (Wildman–Crippen MR) is 103 cm³/mol. The number of fused-ring (bicyclic) bond motifs is 1. The van der Waals surface area contributed by atoms with Gasteiger partial charge in [0.05, 0.1) is 23.3 Å². The summed E-state index contributed by atoms with van der Waals surface area (Å²) in [6.07, 6.45) is 1.71. The highest BCUT2D eigenvalue weighted by atomic mass is 16.1. The topological polar surface area (TPSA) is 78.1 Å². The third-order valence-electron chi connectivity index (χ3n) is 4.97. The minimum Gasteiger partial charge on any atom is -0.353 e. The van der Waals surface area contributed by atoms with Crippen LogP contribution in [0.5, 0.6) is 0 Å². The van der Waals surface area contributed by atoms with Crippen molar-refractivity contribution in [3.05, 3.63) is 64.2 Å². The predicted octanol–water partition coefficient (Wildman–Crippen LogP) is 1.75. The molecule has 1 fully saturated rings. The van der Waals surface area contributed by atoms with Crippen molar-refractivity contribution in [1.29, 1.82) is 5.26 Å². The monoisotopic (exact) mass is 360 g/mol. The number of nitrogens with zero attached hydrogens (tertiary/aromatic N) is 6. The van der Waals surface area contributed by atoms with Gasteiger partial charge in [0.1, 0.15) is 11.9 Å². The summed E-state index contributed by atoms with van der Waals surface area (Å²) in [5.41, 5.74) is 1.39. The first-order chi connectivity index (χ1) is 13.2. The zero-order valence-corrected chi connectivity index (χ0v) is 15.2. The van der Waals surface area contributed by atoms with Gasteiger partial charge in [-0.25, -0.2) is 9.67 Å². The highest BCUT2D eigenvalue weighted by Crippen LogP contribution is 2.18. The number of nitriles is 1. The third-order valence-corrected chi connectivity index (χ3v) is 4.97. The first kappa shape index (κ1) is 17.2. The van der Waals surface area contributed by atoms with Crippen LogP contribution in [0.4, 0.5) is 5.82 Å². The Labute approximate surface area is 157 Å². The van der Waals surface area contributed by atoms with Gasteiger partial charge in [-0.05, 0) is 25.1 Å². The number of anilines is 1. The van der Waals surface area contributed by atoms with Gasteiger partial charge in [-0.1, -0.05) is 18.2 Å². The van der Waals surface area contributed by atoms with Gasteiger partial charge in [-0.3, -0.25) is 9.69 Å². The minimum atomic E-state index is -0.0601. The van der Waals surface area contributed by atoms with Crippen LogP contribution in [-0.4, -0.2) is 45.8 Å². The number of aromatic nitrogens is 3. The lowest BCUT2D eigenvalue weighted by molar-refractivity contribution is 0.191. The Kier molecular flexibility index (Phi) is 4.57. The molecule has 7 heteroatoms. The Hall–Kier alpha value is -3.24. The molecule has 1 aromatic carbocycles. The van der Waals surface area contributed by atoms with Crippen LogP contribution in [0.1, 0.15) is 11.3 Å². The van der Waals surface area contributed by atoms with E-state index in [0.717, 1.165) is 43.1 Å². The van der Waals surface area contributed by atoms with E-state index in [4.69, 9.17) is 0 Å². The molecule has 0 bridgehead atoms. The SMILES string of the molecule is Cc1nn(CN2CCN(c3ncccc3C#N)CC2)c(=O)c2ccccc12. The minimum absolute atomic E-state index is 0.0601. The zero-order chi connectivity index (χ0) is 18.8. The molecule has 27 heavy (non-hydrogen) atoms. The maximum atomic E-state index is 12.7. The molecule has 1 saturated heterocycles. The van der Waals surface area contributed by atoms with Crippen molar-refractivity contribution < 1.29 is 0 Å². The van der Waals surface area contributed by atoms with E-state index in [1.54, 1.807) is 23.0 Å². The van der Waals surface area contributed by atoms with Crippen molar-refractivity contribution in [3.8, 4) is 6.07 Å². The van der Waals surface area contributed by atoms with Crippen LogP contribution < -0.4 is 10.5 Å². The van der Waals surface area contributed by atoms with Crippen LogP contribution >= 0.6 is 0 Å². The molecule has 1 aliphatic heterocycles. The molecule has 3 aromatic rings. The van der Waals surface area contributed by atoms with E-state index in [9.17, 15) is 10.1 Å². The van der Waals surface area contributed by atoms with Gasteiger partial charge in [0.15, 0.2) is 0 Å². The molecule has 0 unspecified atom stereocenters. The maximum Gasteiger partial charge on any atom is 0.275 e. The lowest BCUT2D eigenvalue weighted by Crippen LogP contribution is -2.48. The Morgan fingerprint density at radius 1 is 1.07 bits per heavy atom. The summed E-state index contributed by atoms with van der Waals surface area (Å²) in [4.78, 5) is 21.4. The standard InChI is InChI=1S/C20H20N6O/c1-15-17-6-2-3-7-18(17)20(27)26(23-15)14-24-9-11-25(12-10-24)19-16(13-21)5-4-8-22-19/h2-8H,9-12,14H2,1H3. The van der Waals surface area contributed by atoms with Gasteiger partial charge in [0.2, 0.25) is 0 Å². The van der Waals surface area contributed by atoms with Crippen LogP contribution in [-0.2, 0) is 6.67 Å². The van der Waals surface area contributed by atoms with Gasteiger partial charge in [0, 0.05) is 37.8 Å². The number of aryl methyl sites for hydroxylation is 1. The lowest BCUT2D eigenvalue weighted by Gasteiger charge is -2.35. The Bertz CT molecular complexity index is 1080. The number of pyridine rings is 1. The normalized spacial score (nSPS) is 15.0. The molecule has 0 saturated carbocycles. The molecular weight excluding hydrogens is 340 g/mol. The summed E-state index contributed by atoms with van der Waals surface area (Å²) < 4.78 is 1.55. The first-order valence-electron chi connectivity index (χ1n) is 8.96. The second kappa shape index (κ2) is 7.17. The Morgan fingerprint density at radius 3 is 2.56 bits per heavy atom. The lowest BCUT2D eigenvalue weighted by atomic mass is 10.1. The fraction of sp³-hybridized carbons (Fsp3) is 0.300. The number of hydrogen-bond donors (Lipinski definition) is 0. The quantitative estimate of drug-likeness (QED) is 0.708. The molecular formula is C20H20N6O. The van der Waals surface area contributed by atoms with E-state index in [1.165, 1.54) is 0 Å². The summed E-state index contributed by atoms with van der Waals surface area (Å²) in [5, 5.41) is 15.4. The van der Waals surface area contributed by atoms with E-state index >= 15 is 0 Å². The van der Waals surface area contributed by atoms with Crippen molar-refractivity contribution in [1.82, 2.24) is 19.7 Å². The smallest absolute Gasteiger partial charge is 0.275 e. The summed E-state index contributed by atoms with van der Waals surface area (Å²) in [7, 11) is 0. The van der Waals surface area contributed by atoms with E-state index in [2.05, 4.69) is 26.0 Å². The highest BCUT2D eigenvalue weighted by molar-refractivity contribution is 5.83. The molecule has 0 spiro atoms. The number of piperazine rings is 1. The van der Waals surface area contributed by atoms with Crippen LogP contribution in [0, 0.1) is 18.3 Å². The molecule has 0 radical (unpaired) electrons. The molecule has 4 rings (SSSR count). The van der Waals surface area contributed by atoms with Crippen molar-refractivity contribution in [2.45, 2.75) is 13.6 Å². The van der Waals surface area contributed by atoms with Crippen molar-refractivity contribution in [3.63, 3.8) is 0 Å². The van der Waals surface area contributed by atoms with Gasteiger partial charge in [0.25, 0.3) is 5.56 Å². The molecule has 1 aliphatic rings. The van der Waals surface area contributed by atoms with E-state index in [-0.39, 0.29) is 5.56 Å². The number of hydrogen-bond acceptors (Lipinski definition) is 6. The fourth-order valence-electron chi connectivity index (χ4n) is 3.53. The van der Waals surface area contributed by atoms with Crippen LogP contribution in [0.25, 0.3) is 10.8 Å². The fourth-order valence-corrected chi connectivity index (χ4v) is 3.53. The van der Waals surface area contributed by atoms with Gasteiger partial charge >= 0.3 is 0 Å². The molecule has 0 atom stereocenters. The average Bonchev–Trinajstić information content (AvgIpc) is 2.72. The van der Waals surface area contributed by atoms with Crippen LogP contribution in [0.15, 0.2) is 47.4 Å². The highest BCUT2D eigenvalue weighted by Gasteiger charge is 2.21. The Morgan fingerprint density at radius 2 is 1.81 bits per heavy atom. The summed E-state index contributed by atoms with van der Waals surface area (Å²) >= 11 is 0. The largest absolute Gasteiger partial charge is 0.353 e. The first-order valence-corrected chi connectivity index (χ1v) is 8.96. The van der Waals surface area contributed by atoms with Crippen molar-refractivity contribution in [2.75, 3.05) is 31.1 Å².